The number of hydrogen-bond donors (Lipinski definition) is 1. The molecule has 0 aromatic rings. The molecule has 0 fully saturated rings. The van der Waals surface area contributed by atoms with Crippen LogP contribution in [0.15, 0.2) is 35.5 Å². The zero-order chi connectivity index (χ0) is 34.7. The third-order valence-corrected chi connectivity index (χ3v) is 13.5. The molecule has 0 radical (unpaired) electrons. The lowest BCUT2D eigenvalue weighted by Crippen LogP contribution is -2.43. The summed E-state index contributed by atoms with van der Waals surface area (Å²) < 4.78 is 18.4. The molecule has 0 aliphatic rings. The summed E-state index contributed by atoms with van der Waals surface area (Å²) in [6.45, 7) is 23.9. The van der Waals surface area contributed by atoms with Crippen LogP contribution in [0.1, 0.15) is 165 Å². The minimum Gasteiger partial charge on any atom is -0.444 e. The summed E-state index contributed by atoms with van der Waals surface area (Å²) in [5.74, 6) is 0. The predicted molar refractivity (Wildman–Crippen MR) is 203 cm³/mol. The number of amides is 1. The Morgan fingerprint density at radius 1 is 0.804 bits per heavy atom. The molecule has 0 heterocycles. The Balaban J connectivity index is 4.17. The van der Waals surface area contributed by atoms with E-state index in [0.717, 1.165) is 32.1 Å². The molecule has 0 aliphatic heterocycles. The van der Waals surface area contributed by atoms with Gasteiger partial charge in [-0.15, -0.1) is 0 Å². The standard InChI is InChI=1S/C40H77NO4Si/c1-11-13-14-15-16-17-18-19-20-21-22-23-24-25-26-27-30-41-39(42)44-37(28-12-2)34-43-31-29-36(5)33-38(32-35(3)4)45-46(9,10)40(6,7)8/h19-20,29,32,37-38H,11-18,21-28,30-31,33-34H2,1-10H3,(H,41,42)/b20-19-,36-29+. The van der Waals surface area contributed by atoms with E-state index in [2.05, 4.69) is 98.1 Å². The fourth-order valence-electron chi connectivity index (χ4n) is 5.12. The van der Waals surface area contributed by atoms with Gasteiger partial charge in [0.05, 0.1) is 19.3 Å². The Hall–Kier alpha value is -1.37. The van der Waals surface area contributed by atoms with E-state index >= 15 is 0 Å². The second kappa shape index (κ2) is 27.6. The molecule has 6 heteroatoms. The number of hydrogen-bond acceptors (Lipinski definition) is 4. The van der Waals surface area contributed by atoms with E-state index in [0.29, 0.717) is 19.8 Å². The Labute approximate surface area is 287 Å². The molecule has 0 aromatic carbocycles. The highest BCUT2D eigenvalue weighted by Gasteiger charge is 2.38. The van der Waals surface area contributed by atoms with Crippen molar-refractivity contribution in [3.8, 4) is 0 Å². The van der Waals surface area contributed by atoms with Gasteiger partial charge in [0.25, 0.3) is 0 Å². The SMILES string of the molecule is CCCCCCCC/C=C\CCCCCCCCNC(=O)OC(CCC)COC/C=C(\C)CC(C=C(C)C)O[Si](C)(C)C(C)(C)C. The molecule has 1 amide bonds. The molecule has 0 rings (SSSR count). The smallest absolute Gasteiger partial charge is 0.407 e. The number of unbranched alkanes of at least 4 members (excludes halogenated alkanes) is 12. The van der Waals surface area contributed by atoms with E-state index in [4.69, 9.17) is 13.9 Å². The van der Waals surface area contributed by atoms with Gasteiger partial charge >= 0.3 is 6.09 Å². The van der Waals surface area contributed by atoms with Gasteiger partial charge in [-0.05, 0) is 83.8 Å². The Kier molecular flexibility index (Phi) is 26.7. The van der Waals surface area contributed by atoms with Crippen molar-refractivity contribution in [1.29, 1.82) is 0 Å². The van der Waals surface area contributed by atoms with Crippen molar-refractivity contribution in [1.82, 2.24) is 5.32 Å². The first-order chi connectivity index (χ1) is 21.8. The van der Waals surface area contributed by atoms with Crippen LogP contribution in [0.3, 0.4) is 0 Å². The van der Waals surface area contributed by atoms with E-state index in [9.17, 15) is 4.79 Å². The largest absolute Gasteiger partial charge is 0.444 e. The van der Waals surface area contributed by atoms with Gasteiger partial charge in [0.2, 0.25) is 0 Å². The first-order valence-electron chi connectivity index (χ1n) is 19.0. The molecule has 0 bridgehead atoms. The summed E-state index contributed by atoms with van der Waals surface area (Å²) in [7, 11) is -1.87. The van der Waals surface area contributed by atoms with E-state index in [1.54, 1.807) is 0 Å². The van der Waals surface area contributed by atoms with Crippen molar-refractivity contribution in [2.75, 3.05) is 19.8 Å². The maximum Gasteiger partial charge on any atom is 0.407 e. The van der Waals surface area contributed by atoms with Gasteiger partial charge in [-0.3, -0.25) is 0 Å². The van der Waals surface area contributed by atoms with Crippen LogP contribution in [-0.4, -0.2) is 46.4 Å². The van der Waals surface area contributed by atoms with Gasteiger partial charge in [-0.25, -0.2) is 4.79 Å². The van der Waals surface area contributed by atoms with E-state index in [1.807, 2.05) is 0 Å². The van der Waals surface area contributed by atoms with Crippen LogP contribution >= 0.6 is 0 Å². The molecule has 270 valence electrons. The van der Waals surface area contributed by atoms with Crippen molar-refractivity contribution in [2.45, 2.75) is 195 Å². The first-order valence-corrected chi connectivity index (χ1v) is 21.9. The third-order valence-electron chi connectivity index (χ3n) is 8.99. The second-order valence-corrected chi connectivity index (χ2v) is 19.9. The van der Waals surface area contributed by atoms with Crippen LogP contribution in [0.4, 0.5) is 4.79 Å². The zero-order valence-electron chi connectivity index (χ0n) is 32.2. The minimum absolute atomic E-state index is 0.0776. The first kappa shape index (κ1) is 44.6. The number of carbonyl (C=O) groups excluding carboxylic acids is 1. The van der Waals surface area contributed by atoms with Crippen molar-refractivity contribution < 1.29 is 18.7 Å². The molecule has 0 spiro atoms. The van der Waals surface area contributed by atoms with Gasteiger partial charge in [0.1, 0.15) is 6.10 Å². The minimum atomic E-state index is -1.87. The van der Waals surface area contributed by atoms with Crippen molar-refractivity contribution in [3.05, 3.63) is 35.5 Å². The van der Waals surface area contributed by atoms with Crippen LogP contribution in [0.5, 0.6) is 0 Å². The van der Waals surface area contributed by atoms with E-state index in [1.165, 1.54) is 88.2 Å². The number of rotatable bonds is 28. The van der Waals surface area contributed by atoms with E-state index in [-0.39, 0.29) is 23.3 Å². The molecule has 0 saturated heterocycles. The Bertz CT molecular complexity index is 839. The molecule has 2 atom stereocenters. The zero-order valence-corrected chi connectivity index (χ0v) is 33.2. The molecule has 5 nitrogen and oxygen atoms in total. The topological polar surface area (TPSA) is 56.8 Å². The Morgan fingerprint density at radius 3 is 1.91 bits per heavy atom. The summed E-state index contributed by atoms with van der Waals surface area (Å²) in [6.07, 6.45) is 29.2. The maximum atomic E-state index is 12.4. The predicted octanol–water partition coefficient (Wildman–Crippen LogP) is 12.6. The average Bonchev–Trinajstić information content (AvgIpc) is 2.95. The van der Waals surface area contributed by atoms with Crippen molar-refractivity contribution in [2.24, 2.45) is 0 Å². The molecule has 46 heavy (non-hydrogen) atoms. The molecule has 1 N–H and O–H groups in total. The van der Waals surface area contributed by atoms with Crippen molar-refractivity contribution >= 4 is 14.4 Å². The highest BCUT2D eigenvalue weighted by molar-refractivity contribution is 6.74. The van der Waals surface area contributed by atoms with Crippen LogP contribution in [0, 0.1) is 0 Å². The summed E-state index contributed by atoms with van der Waals surface area (Å²) >= 11 is 0. The molecule has 0 saturated carbocycles. The summed E-state index contributed by atoms with van der Waals surface area (Å²) in [5, 5.41) is 3.11. The van der Waals surface area contributed by atoms with Gasteiger partial charge in [-0.2, -0.15) is 0 Å². The third kappa shape index (κ3) is 25.7. The van der Waals surface area contributed by atoms with Crippen LogP contribution in [-0.2, 0) is 13.9 Å². The van der Waals surface area contributed by atoms with Crippen LogP contribution < -0.4 is 5.32 Å². The lowest BCUT2D eigenvalue weighted by Gasteiger charge is -2.39. The molecule has 0 aliphatic carbocycles. The lowest BCUT2D eigenvalue weighted by molar-refractivity contribution is 0.0242. The van der Waals surface area contributed by atoms with Crippen LogP contribution in [0.2, 0.25) is 18.1 Å². The number of ether oxygens (including phenoxy) is 2. The molecule has 2 unspecified atom stereocenters. The van der Waals surface area contributed by atoms with Crippen LogP contribution in [0.25, 0.3) is 0 Å². The number of nitrogens with one attached hydrogen (secondary N) is 1. The quantitative estimate of drug-likeness (QED) is 0.0514. The number of alkyl carbamates (subject to hydrolysis) is 1. The van der Waals surface area contributed by atoms with E-state index < -0.39 is 8.32 Å². The fourth-order valence-corrected chi connectivity index (χ4v) is 6.38. The van der Waals surface area contributed by atoms with Gasteiger partial charge < -0.3 is 19.2 Å². The van der Waals surface area contributed by atoms with Gasteiger partial charge in [0, 0.05) is 6.54 Å². The Morgan fingerprint density at radius 2 is 1.37 bits per heavy atom. The fraction of sp³-hybridized carbons (Fsp3) is 0.825. The maximum absolute atomic E-state index is 12.4. The van der Waals surface area contributed by atoms with Gasteiger partial charge in [0.15, 0.2) is 8.32 Å². The summed E-state index contributed by atoms with van der Waals surface area (Å²) in [5.41, 5.74) is 2.53. The normalized spacial score (nSPS) is 14.0. The highest BCUT2D eigenvalue weighted by Crippen LogP contribution is 2.38. The summed E-state index contributed by atoms with van der Waals surface area (Å²) in [6, 6.07) is 0. The highest BCUT2D eigenvalue weighted by atomic mass is 28.4. The number of allylic oxidation sites excluding steroid dienone is 3. The lowest BCUT2D eigenvalue weighted by atomic mass is 10.1. The monoisotopic (exact) mass is 664 g/mol. The van der Waals surface area contributed by atoms with Gasteiger partial charge in [-0.1, -0.05) is 134 Å². The molecular formula is C40H77NO4Si. The number of carbonyl (C=O) groups is 1. The molecular weight excluding hydrogens is 587 g/mol. The average molecular weight is 664 g/mol. The second-order valence-electron chi connectivity index (χ2n) is 15.1. The van der Waals surface area contributed by atoms with Crippen molar-refractivity contribution in [3.63, 3.8) is 0 Å². The molecule has 0 aromatic heterocycles. The summed E-state index contributed by atoms with van der Waals surface area (Å²) in [4.78, 5) is 12.4.